The van der Waals surface area contributed by atoms with Crippen molar-refractivity contribution in [2.75, 3.05) is 16.8 Å². The Kier molecular flexibility index (Phi) is 4.63. The first kappa shape index (κ1) is 18.9. The Morgan fingerprint density at radius 2 is 2.08 bits per heavy atom. The molecule has 1 fully saturated rings. The minimum atomic E-state index is -4.59. The number of piperidine rings is 1. The fourth-order valence-electron chi connectivity index (χ4n) is 3.23. The first-order chi connectivity index (χ1) is 12.0. The number of benzene rings is 1. The highest BCUT2D eigenvalue weighted by atomic mass is 32.2. The van der Waals surface area contributed by atoms with Gasteiger partial charge < -0.3 is 16.0 Å². The Labute approximate surface area is 148 Å². The summed E-state index contributed by atoms with van der Waals surface area (Å²) in [5.74, 6) is -0.863. The van der Waals surface area contributed by atoms with Crippen molar-refractivity contribution in [2.45, 2.75) is 49.3 Å². The van der Waals surface area contributed by atoms with E-state index in [4.69, 9.17) is 5.73 Å². The molecule has 0 aromatic heterocycles. The molecule has 0 radical (unpaired) electrons. The molecule has 26 heavy (non-hydrogen) atoms. The van der Waals surface area contributed by atoms with Crippen LogP contribution in [0.4, 0.5) is 28.9 Å². The molecule has 0 unspecified atom stereocenters. The minimum absolute atomic E-state index is 0.0679. The zero-order chi connectivity index (χ0) is 19.3. The predicted octanol–water partition coefficient (Wildman–Crippen LogP) is 2.61. The number of amidine groups is 1. The maximum absolute atomic E-state index is 14.1. The van der Waals surface area contributed by atoms with Gasteiger partial charge in [-0.15, -0.1) is 4.40 Å². The number of halogens is 4. The first-order valence-electron chi connectivity index (χ1n) is 8.06. The molecule has 0 bridgehead atoms. The van der Waals surface area contributed by atoms with Crippen molar-refractivity contribution in [3.8, 4) is 0 Å². The van der Waals surface area contributed by atoms with Gasteiger partial charge in [0.2, 0.25) is 0 Å². The number of hydrogen-bond acceptors (Lipinski definition) is 5. The molecular formula is C15H18F4N4O2S. The smallest absolute Gasteiger partial charge is 0.358 e. The molecule has 0 aliphatic carbocycles. The number of nitrogens with one attached hydrogen (secondary N) is 1. The average Bonchev–Trinajstić information content (AvgIpc) is 2.53. The van der Waals surface area contributed by atoms with Gasteiger partial charge in [0.05, 0.1) is 11.4 Å². The number of anilines is 2. The van der Waals surface area contributed by atoms with E-state index in [-0.39, 0.29) is 43.0 Å². The van der Waals surface area contributed by atoms with Gasteiger partial charge in [0.25, 0.3) is 10.0 Å². The van der Waals surface area contributed by atoms with Crippen LogP contribution in [0.15, 0.2) is 21.4 Å². The van der Waals surface area contributed by atoms with E-state index in [1.54, 1.807) is 6.92 Å². The lowest BCUT2D eigenvalue weighted by Gasteiger charge is -2.42. The van der Waals surface area contributed by atoms with Gasteiger partial charge in [-0.25, -0.2) is 4.39 Å². The van der Waals surface area contributed by atoms with Crippen LogP contribution in [-0.4, -0.2) is 39.1 Å². The van der Waals surface area contributed by atoms with Crippen LogP contribution in [0.3, 0.4) is 0 Å². The molecule has 2 atom stereocenters. The summed E-state index contributed by atoms with van der Waals surface area (Å²) in [6.45, 7) is 1.58. The maximum Gasteiger partial charge on any atom is 0.408 e. The molecule has 0 amide bonds. The van der Waals surface area contributed by atoms with E-state index in [1.807, 2.05) is 0 Å². The third-order valence-electron chi connectivity index (χ3n) is 4.49. The number of alkyl halides is 3. The highest BCUT2D eigenvalue weighted by Gasteiger charge is 2.47. The van der Waals surface area contributed by atoms with Crippen LogP contribution in [0.2, 0.25) is 0 Å². The number of hydrogen-bond donors (Lipinski definition) is 2. The average molecular weight is 394 g/mol. The maximum atomic E-state index is 14.1. The Balaban J connectivity index is 2.16. The molecular weight excluding hydrogens is 376 g/mol. The summed E-state index contributed by atoms with van der Waals surface area (Å²) in [5.41, 5.74) is 5.45. The molecule has 6 nitrogen and oxygen atoms in total. The van der Waals surface area contributed by atoms with Gasteiger partial charge in [-0.2, -0.15) is 21.6 Å². The van der Waals surface area contributed by atoms with Crippen molar-refractivity contribution < 1.29 is 26.0 Å². The van der Waals surface area contributed by atoms with Crippen molar-refractivity contribution in [2.24, 2.45) is 10.1 Å². The summed E-state index contributed by atoms with van der Waals surface area (Å²) in [7, 11) is -4.20. The molecule has 11 heteroatoms. The molecule has 1 aromatic rings. The van der Waals surface area contributed by atoms with Crippen LogP contribution in [0.25, 0.3) is 0 Å². The molecule has 3 N–H and O–H groups in total. The van der Waals surface area contributed by atoms with Crippen molar-refractivity contribution in [1.82, 2.24) is 0 Å². The van der Waals surface area contributed by atoms with Gasteiger partial charge in [0, 0.05) is 19.0 Å². The van der Waals surface area contributed by atoms with Gasteiger partial charge in [0.1, 0.15) is 22.6 Å². The number of nitrogens with zero attached hydrogens (tertiary/aromatic N) is 2. The highest BCUT2D eigenvalue weighted by Crippen LogP contribution is 2.42. The number of rotatable bonds is 2. The lowest BCUT2D eigenvalue weighted by molar-refractivity contribution is -0.153. The van der Waals surface area contributed by atoms with E-state index in [0.717, 1.165) is 17.0 Å². The molecule has 2 aliphatic rings. The van der Waals surface area contributed by atoms with Crippen molar-refractivity contribution in [3.05, 3.63) is 17.9 Å². The van der Waals surface area contributed by atoms with E-state index < -0.39 is 39.0 Å². The highest BCUT2D eigenvalue weighted by molar-refractivity contribution is 7.90. The summed E-state index contributed by atoms with van der Waals surface area (Å²) in [6, 6.07) is -0.886. The molecule has 2 aliphatic heterocycles. The molecule has 1 aromatic carbocycles. The Morgan fingerprint density at radius 3 is 2.69 bits per heavy atom. The van der Waals surface area contributed by atoms with E-state index in [2.05, 4.69) is 9.71 Å². The number of fused-ring (bicyclic) bond motifs is 1. The van der Waals surface area contributed by atoms with Gasteiger partial charge in [-0.05, 0) is 25.0 Å². The van der Waals surface area contributed by atoms with Gasteiger partial charge in [-0.3, -0.25) is 0 Å². The predicted molar refractivity (Wildman–Crippen MR) is 89.3 cm³/mol. The van der Waals surface area contributed by atoms with Crippen LogP contribution >= 0.6 is 0 Å². The van der Waals surface area contributed by atoms with Crippen LogP contribution in [0.1, 0.15) is 26.2 Å². The van der Waals surface area contributed by atoms with Crippen LogP contribution < -0.4 is 16.0 Å². The molecule has 2 heterocycles. The molecule has 0 saturated carbocycles. The quantitative estimate of drug-likeness (QED) is 0.753. The summed E-state index contributed by atoms with van der Waals surface area (Å²) >= 11 is 0. The lowest BCUT2D eigenvalue weighted by atomic mass is 9.96. The summed E-state index contributed by atoms with van der Waals surface area (Å²) in [6.07, 6.45) is -4.44. The van der Waals surface area contributed by atoms with Gasteiger partial charge in [-0.1, -0.05) is 6.92 Å². The molecule has 3 rings (SSSR count). The molecule has 1 saturated heterocycles. The second kappa shape index (κ2) is 6.38. The van der Waals surface area contributed by atoms with E-state index in [9.17, 15) is 26.0 Å². The second-order valence-corrected chi connectivity index (χ2v) is 7.90. The van der Waals surface area contributed by atoms with Gasteiger partial charge >= 0.3 is 6.18 Å². The third kappa shape index (κ3) is 3.37. The minimum Gasteiger partial charge on any atom is -0.358 e. The molecule has 0 spiro atoms. The van der Waals surface area contributed by atoms with Crippen molar-refractivity contribution in [1.29, 1.82) is 0 Å². The third-order valence-corrected chi connectivity index (χ3v) is 5.83. The van der Waals surface area contributed by atoms with E-state index >= 15 is 0 Å². The second-order valence-electron chi connectivity index (χ2n) is 6.32. The Bertz CT molecular complexity index is 854. The zero-order valence-electron chi connectivity index (χ0n) is 13.8. The Morgan fingerprint density at radius 1 is 1.38 bits per heavy atom. The Hall–Kier alpha value is -1.88. The van der Waals surface area contributed by atoms with Crippen LogP contribution in [0.5, 0.6) is 0 Å². The fourth-order valence-corrected chi connectivity index (χ4v) is 4.47. The monoisotopic (exact) mass is 394 g/mol. The summed E-state index contributed by atoms with van der Waals surface area (Å²) in [5, 5.41) is 2.74. The molecule has 144 valence electrons. The van der Waals surface area contributed by atoms with Crippen molar-refractivity contribution >= 4 is 27.2 Å². The lowest BCUT2D eigenvalue weighted by Crippen LogP contribution is -2.54. The van der Waals surface area contributed by atoms with E-state index in [0.29, 0.717) is 0 Å². The first-order valence-corrected chi connectivity index (χ1v) is 9.50. The normalized spacial score (nSPS) is 25.3. The number of nitrogens with two attached hydrogens (primary N) is 1. The summed E-state index contributed by atoms with van der Waals surface area (Å²) in [4.78, 5) is 0.507. The zero-order valence-corrected chi connectivity index (χ0v) is 14.7. The van der Waals surface area contributed by atoms with Crippen LogP contribution in [0, 0.1) is 5.82 Å². The standard InChI is InChI=1S/C15H18F4N4O2S/c1-2-13-21-14-10(5-8(16)6-11(14)26(24,25)22-13)23-4-3-9(20)7-12(23)15(17,18)19/h5-6,9,12H,2-4,7,20H2,1H3,(H,21,22)/t9-,12+/m1/s1. The largest absolute Gasteiger partial charge is 0.408 e. The fraction of sp³-hybridized carbons (Fsp3) is 0.533. The van der Waals surface area contributed by atoms with Crippen molar-refractivity contribution in [3.63, 3.8) is 0 Å². The number of sulfonamides is 1. The van der Waals surface area contributed by atoms with Crippen LogP contribution in [-0.2, 0) is 10.0 Å². The topological polar surface area (TPSA) is 87.8 Å². The van der Waals surface area contributed by atoms with E-state index in [1.165, 1.54) is 0 Å². The SMILES string of the molecule is CCC1=NS(=O)(=O)c2cc(F)cc(N3CC[C@@H](N)C[C@H]3C(F)(F)F)c2N1. The summed E-state index contributed by atoms with van der Waals surface area (Å²) < 4.78 is 82.8. The van der Waals surface area contributed by atoms with Gasteiger partial charge in [0.15, 0.2) is 0 Å².